The van der Waals surface area contributed by atoms with Crippen molar-refractivity contribution in [2.75, 3.05) is 12.4 Å². The number of aliphatic carboxylic acids is 1. The van der Waals surface area contributed by atoms with E-state index in [0.717, 1.165) is 12.0 Å². The van der Waals surface area contributed by atoms with Crippen LogP contribution in [-0.2, 0) is 9.59 Å². The molecule has 1 aliphatic carbocycles. The summed E-state index contributed by atoms with van der Waals surface area (Å²) in [5, 5.41) is 12.2. The molecule has 5 nitrogen and oxygen atoms in total. The Morgan fingerprint density at radius 2 is 2.00 bits per heavy atom. The molecule has 1 aliphatic rings. The lowest BCUT2D eigenvalue weighted by molar-refractivity contribution is -0.148. The summed E-state index contributed by atoms with van der Waals surface area (Å²) in [4.78, 5) is 23.9. The van der Waals surface area contributed by atoms with E-state index in [2.05, 4.69) is 5.32 Å². The van der Waals surface area contributed by atoms with Gasteiger partial charge in [-0.2, -0.15) is 0 Å². The van der Waals surface area contributed by atoms with Crippen molar-refractivity contribution in [3.8, 4) is 5.75 Å². The Hall–Kier alpha value is -2.04. The molecule has 5 heteroatoms. The fraction of sp³-hybridized carbons (Fsp3) is 0.529. The molecule has 0 aromatic heterocycles. The second-order valence-electron chi connectivity index (χ2n) is 6.16. The number of carbonyl (C=O) groups excluding carboxylic acids is 1. The predicted molar refractivity (Wildman–Crippen MR) is 84.0 cm³/mol. The first kappa shape index (κ1) is 16.3. The van der Waals surface area contributed by atoms with Crippen LogP contribution in [0.5, 0.6) is 5.75 Å². The third-order valence-corrected chi connectivity index (χ3v) is 4.38. The number of rotatable bonds is 4. The number of ether oxygens (including phenoxy) is 1. The highest BCUT2D eigenvalue weighted by Gasteiger charge is 2.38. The summed E-state index contributed by atoms with van der Waals surface area (Å²) in [6.07, 6.45) is 2.05. The van der Waals surface area contributed by atoms with E-state index in [0.29, 0.717) is 30.2 Å². The summed E-state index contributed by atoms with van der Waals surface area (Å²) in [7, 11) is 1.55. The number of amides is 1. The second-order valence-corrected chi connectivity index (χ2v) is 6.16. The van der Waals surface area contributed by atoms with Crippen LogP contribution in [0.2, 0.25) is 0 Å². The molecule has 0 aliphatic heterocycles. The van der Waals surface area contributed by atoms with E-state index in [1.165, 1.54) is 0 Å². The van der Waals surface area contributed by atoms with Gasteiger partial charge in [0.05, 0.1) is 24.6 Å². The minimum Gasteiger partial charge on any atom is -0.495 e. The van der Waals surface area contributed by atoms with Crippen LogP contribution in [0.25, 0.3) is 0 Å². The molecule has 3 atom stereocenters. The third-order valence-electron chi connectivity index (χ3n) is 4.38. The smallest absolute Gasteiger partial charge is 0.307 e. The van der Waals surface area contributed by atoms with Gasteiger partial charge < -0.3 is 15.2 Å². The molecule has 0 spiro atoms. The first-order chi connectivity index (χ1) is 10.4. The molecule has 22 heavy (non-hydrogen) atoms. The van der Waals surface area contributed by atoms with E-state index in [1.54, 1.807) is 13.2 Å². The highest BCUT2D eigenvalue weighted by atomic mass is 16.5. The van der Waals surface area contributed by atoms with Crippen LogP contribution < -0.4 is 10.1 Å². The molecule has 1 saturated carbocycles. The van der Waals surface area contributed by atoms with E-state index < -0.39 is 17.8 Å². The van der Waals surface area contributed by atoms with E-state index in [1.807, 2.05) is 26.0 Å². The minimum atomic E-state index is -0.887. The zero-order valence-electron chi connectivity index (χ0n) is 13.3. The van der Waals surface area contributed by atoms with Gasteiger partial charge in [-0.05, 0) is 49.8 Å². The normalized spacial score (nSPS) is 24.6. The Morgan fingerprint density at radius 1 is 1.27 bits per heavy atom. The van der Waals surface area contributed by atoms with Gasteiger partial charge in [0, 0.05) is 0 Å². The zero-order chi connectivity index (χ0) is 16.3. The van der Waals surface area contributed by atoms with Crippen LogP contribution in [0.1, 0.15) is 31.7 Å². The van der Waals surface area contributed by atoms with Crippen molar-refractivity contribution in [3.63, 3.8) is 0 Å². The summed E-state index contributed by atoms with van der Waals surface area (Å²) in [6.45, 7) is 3.98. The van der Waals surface area contributed by atoms with Crippen LogP contribution in [0.3, 0.4) is 0 Å². The molecule has 3 unspecified atom stereocenters. The Balaban J connectivity index is 2.15. The number of aryl methyl sites for hydroxylation is 1. The summed E-state index contributed by atoms with van der Waals surface area (Å²) in [5.74, 6) is -1.28. The van der Waals surface area contributed by atoms with Crippen LogP contribution >= 0.6 is 0 Å². The highest BCUT2D eigenvalue weighted by molar-refractivity contribution is 5.96. The summed E-state index contributed by atoms with van der Waals surface area (Å²) >= 11 is 0. The Kier molecular flexibility index (Phi) is 5.06. The molecular weight excluding hydrogens is 282 g/mol. The van der Waals surface area contributed by atoms with Gasteiger partial charge in [-0.1, -0.05) is 13.0 Å². The first-order valence-electron chi connectivity index (χ1n) is 7.60. The summed E-state index contributed by atoms with van der Waals surface area (Å²) in [6, 6.07) is 5.51. The number of nitrogens with one attached hydrogen (secondary N) is 1. The van der Waals surface area contributed by atoms with Gasteiger partial charge in [-0.3, -0.25) is 9.59 Å². The Bertz CT molecular complexity index is 570. The van der Waals surface area contributed by atoms with Crippen molar-refractivity contribution in [1.29, 1.82) is 0 Å². The molecule has 2 N–H and O–H groups in total. The van der Waals surface area contributed by atoms with Gasteiger partial charge in [0.25, 0.3) is 0 Å². The first-order valence-corrected chi connectivity index (χ1v) is 7.60. The fourth-order valence-corrected chi connectivity index (χ4v) is 3.09. The second kappa shape index (κ2) is 6.81. The van der Waals surface area contributed by atoms with Gasteiger partial charge >= 0.3 is 5.97 Å². The van der Waals surface area contributed by atoms with Crippen molar-refractivity contribution in [2.45, 2.75) is 33.1 Å². The van der Waals surface area contributed by atoms with Gasteiger partial charge in [-0.15, -0.1) is 0 Å². The van der Waals surface area contributed by atoms with Crippen LogP contribution in [0.4, 0.5) is 5.69 Å². The monoisotopic (exact) mass is 305 g/mol. The maximum absolute atomic E-state index is 12.5. The van der Waals surface area contributed by atoms with Crippen molar-refractivity contribution in [3.05, 3.63) is 23.8 Å². The number of benzene rings is 1. The van der Waals surface area contributed by atoms with E-state index in [9.17, 15) is 14.7 Å². The number of carboxylic acids is 1. The van der Waals surface area contributed by atoms with E-state index >= 15 is 0 Å². The van der Waals surface area contributed by atoms with Crippen molar-refractivity contribution in [2.24, 2.45) is 17.8 Å². The van der Waals surface area contributed by atoms with Crippen molar-refractivity contribution in [1.82, 2.24) is 0 Å². The molecular formula is C17H23NO4. The quantitative estimate of drug-likeness (QED) is 0.896. The van der Waals surface area contributed by atoms with Crippen molar-refractivity contribution < 1.29 is 19.4 Å². The Morgan fingerprint density at radius 3 is 2.64 bits per heavy atom. The van der Waals surface area contributed by atoms with E-state index in [4.69, 9.17) is 4.74 Å². The van der Waals surface area contributed by atoms with Crippen LogP contribution in [-0.4, -0.2) is 24.1 Å². The molecule has 120 valence electrons. The molecule has 2 rings (SSSR count). The molecule has 0 bridgehead atoms. The lowest BCUT2D eigenvalue weighted by atomic mass is 9.74. The average molecular weight is 305 g/mol. The maximum Gasteiger partial charge on any atom is 0.307 e. The van der Waals surface area contributed by atoms with Crippen LogP contribution in [0, 0.1) is 24.7 Å². The number of hydrogen-bond donors (Lipinski definition) is 2. The number of anilines is 1. The molecule has 0 heterocycles. The van der Waals surface area contributed by atoms with Gasteiger partial charge in [-0.25, -0.2) is 0 Å². The predicted octanol–water partition coefficient (Wildman–Crippen LogP) is 3.08. The standard InChI is InChI=1S/C17H23NO4/c1-10-4-6-12(13(8-10)17(20)21)16(19)18-14-7-5-11(2)9-15(14)22-3/h5,7,9-10,12-13H,4,6,8H2,1-3H3,(H,18,19)(H,20,21). The van der Waals surface area contributed by atoms with Gasteiger partial charge in [0.1, 0.15) is 5.75 Å². The molecule has 1 aromatic carbocycles. The lowest BCUT2D eigenvalue weighted by Crippen LogP contribution is -2.38. The van der Waals surface area contributed by atoms with Crippen LogP contribution in [0.15, 0.2) is 18.2 Å². The number of carbonyl (C=O) groups is 2. The summed E-state index contributed by atoms with van der Waals surface area (Å²) < 4.78 is 5.27. The average Bonchev–Trinajstić information content (AvgIpc) is 2.48. The fourth-order valence-electron chi connectivity index (χ4n) is 3.09. The summed E-state index contributed by atoms with van der Waals surface area (Å²) in [5.41, 5.74) is 1.62. The number of methoxy groups -OCH3 is 1. The highest BCUT2D eigenvalue weighted by Crippen LogP contribution is 2.35. The van der Waals surface area contributed by atoms with E-state index in [-0.39, 0.29) is 5.91 Å². The topological polar surface area (TPSA) is 75.6 Å². The Labute approximate surface area is 130 Å². The maximum atomic E-state index is 12.5. The van der Waals surface area contributed by atoms with Crippen molar-refractivity contribution >= 4 is 17.6 Å². The number of hydrogen-bond acceptors (Lipinski definition) is 3. The third kappa shape index (κ3) is 3.59. The molecule has 1 amide bonds. The van der Waals surface area contributed by atoms with Gasteiger partial charge in [0.2, 0.25) is 5.91 Å². The largest absolute Gasteiger partial charge is 0.495 e. The number of carboxylic acid groups (broad SMARTS) is 1. The lowest BCUT2D eigenvalue weighted by Gasteiger charge is -2.31. The van der Waals surface area contributed by atoms with Gasteiger partial charge in [0.15, 0.2) is 0 Å². The molecule has 1 aromatic rings. The minimum absolute atomic E-state index is 0.235. The molecule has 1 fully saturated rings. The molecule has 0 radical (unpaired) electrons. The SMILES string of the molecule is COc1cc(C)ccc1NC(=O)C1CCC(C)CC1C(=O)O. The molecule has 0 saturated heterocycles. The zero-order valence-corrected chi connectivity index (χ0v) is 13.3.